The summed E-state index contributed by atoms with van der Waals surface area (Å²) in [5, 5.41) is 0. The number of sulfonamides is 2. The first-order valence-electron chi connectivity index (χ1n) is 10.2. The van der Waals surface area contributed by atoms with E-state index in [0.29, 0.717) is 24.8 Å². The highest BCUT2D eigenvalue weighted by atomic mass is 32.2. The van der Waals surface area contributed by atoms with Gasteiger partial charge in [0.2, 0.25) is 10.0 Å². The van der Waals surface area contributed by atoms with E-state index in [-0.39, 0.29) is 15.9 Å². The number of para-hydroxylation sites is 2. The summed E-state index contributed by atoms with van der Waals surface area (Å²) in [5.74, 6) is 0.601. The van der Waals surface area contributed by atoms with Crippen LogP contribution in [0.3, 0.4) is 0 Å². The van der Waals surface area contributed by atoms with Gasteiger partial charge in [-0.05, 0) is 55.2 Å². The van der Waals surface area contributed by atoms with Crippen molar-refractivity contribution in [3.63, 3.8) is 0 Å². The van der Waals surface area contributed by atoms with Crippen LogP contribution in [0.15, 0.2) is 58.3 Å². The van der Waals surface area contributed by atoms with Crippen LogP contribution in [0.5, 0.6) is 0 Å². The monoisotopic (exact) mass is 465 g/mol. The summed E-state index contributed by atoms with van der Waals surface area (Å²) in [6.45, 7) is 2.05. The van der Waals surface area contributed by atoms with Crippen LogP contribution in [0, 0.1) is 5.92 Å². The molecule has 1 aliphatic carbocycles. The summed E-state index contributed by atoms with van der Waals surface area (Å²) in [6.07, 6.45) is 2.56. The number of nitrogens with one attached hydrogen (secondary N) is 1. The largest absolute Gasteiger partial charge is 0.374 e. The van der Waals surface area contributed by atoms with E-state index < -0.39 is 20.0 Å². The molecule has 1 atom stereocenters. The van der Waals surface area contributed by atoms with Crippen LogP contribution in [0.1, 0.15) is 12.8 Å². The summed E-state index contributed by atoms with van der Waals surface area (Å²) < 4.78 is 60.1. The summed E-state index contributed by atoms with van der Waals surface area (Å²) in [6, 6.07) is 12.5. The number of rotatable bonds is 7. The average Bonchev–Trinajstić information content (AvgIpc) is 3.59. The molecule has 2 aliphatic rings. The third kappa shape index (κ3) is 4.72. The molecule has 1 heterocycles. The first-order chi connectivity index (χ1) is 14.7. The molecular weight excluding hydrogens is 438 g/mol. The summed E-state index contributed by atoms with van der Waals surface area (Å²) >= 11 is 0. The van der Waals surface area contributed by atoms with Gasteiger partial charge in [0, 0.05) is 27.2 Å². The predicted molar refractivity (Wildman–Crippen MR) is 119 cm³/mol. The normalized spacial score (nSPS) is 20.1. The molecule has 0 bridgehead atoms. The summed E-state index contributed by atoms with van der Waals surface area (Å²) in [7, 11) is -4.66. The Morgan fingerprint density at radius 2 is 1.61 bits per heavy atom. The second-order valence-electron chi connectivity index (χ2n) is 8.07. The Kier molecular flexibility index (Phi) is 5.99. The highest BCUT2D eigenvalue weighted by molar-refractivity contribution is 7.92. The molecule has 1 saturated carbocycles. The molecule has 0 amide bonds. The number of morpholine rings is 1. The Bertz CT molecular complexity index is 1140. The molecule has 2 aromatic rings. The number of benzene rings is 2. The van der Waals surface area contributed by atoms with E-state index in [1.54, 1.807) is 12.1 Å². The molecule has 0 spiro atoms. The van der Waals surface area contributed by atoms with E-state index in [1.807, 2.05) is 12.1 Å². The van der Waals surface area contributed by atoms with Gasteiger partial charge in [0.1, 0.15) is 0 Å². The van der Waals surface area contributed by atoms with E-state index in [1.165, 1.54) is 51.2 Å². The van der Waals surface area contributed by atoms with Gasteiger partial charge < -0.3 is 9.64 Å². The van der Waals surface area contributed by atoms with Crippen LogP contribution in [0.4, 0.5) is 11.4 Å². The van der Waals surface area contributed by atoms with Crippen molar-refractivity contribution in [1.29, 1.82) is 0 Å². The van der Waals surface area contributed by atoms with Gasteiger partial charge in [-0.1, -0.05) is 12.1 Å². The Morgan fingerprint density at radius 3 is 2.26 bits per heavy atom. The minimum atomic E-state index is -3.89. The van der Waals surface area contributed by atoms with Gasteiger partial charge in [-0.15, -0.1) is 0 Å². The van der Waals surface area contributed by atoms with Crippen LogP contribution < -0.4 is 9.62 Å². The Morgan fingerprint density at radius 1 is 0.968 bits per heavy atom. The van der Waals surface area contributed by atoms with Gasteiger partial charge in [-0.3, -0.25) is 4.72 Å². The number of nitrogens with zero attached hydrogens (tertiary/aromatic N) is 2. The Balaban J connectivity index is 1.56. The first kappa shape index (κ1) is 22.1. The zero-order valence-electron chi connectivity index (χ0n) is 17.6. The van der Waals surface area contributed by atoms with Crippen molar-refractivity contribution in [3.8, 4) is 0 Å². The van der Waals surface area contributed by atoms with E-state index in [4.69, 9.17) is 4.74 Å². The molecule has 168 valence electrons. The maximum absolute atomic E-state index is 13.0. The number of anilines is 2. The minimum Gasteiger partial charge on any atom is -0.374 e. The third-order valence-corrected chi connectivity index (χ3v) is 8.85. The Labute approximate surface area is 183 Å². The van der Waals surface area contributed by atoms with Crippen molar-refractivity contribution in [2.24, 2.45) is 5.92 Å². The van der Waals surface area contributed by atoms with Crippen molar-refractivity contribution in [3.05, 3.63) is 48.5 Å². The number of hydrogen-bond acceptors (Lipinski definition) is 6. The minimum absolute atomic E-state index is 0.00200. The fourth-order valence-electron chi connectivity index (χ4n) is 3.69. The molecule has 2 aromatic carbocycles. The second-order valence-corrected chi connectivity index (χ2v) is 11.9. The summed E-state index contributed by atoms with van der Waals surface area (Å²) in [5.41, 5.74) is 1.30. The fraction of sp³-hybridized carbons (Fsp3) is 0.429. The molecule has 10 heteroatoms. The van der Waals surface area contributed by atoms with Crippen molar-refractivity contribution in [2.75, 3.05) is 43.4 Å². The standard InChI is InChI=1S/C21H27N3O5S2/c1-23(2)31(27,28)18-11-9-17(10-12-18)30(25,26)22-19-5-3-4-6-20(19)24-13-14-29-21(15-24)16-7-8-16/h3-6,9-12,16,21-22H,7-8,13-15H2,1-2H3. The molecule has 8 nitrogen and oxygen atoms in total. The van der Waals surface area contributed by atoms with Crippen LogP contribution in [-0.2, 0) is 24.8 Å². The van der Waals surface area contributed by atoms with Crippen LogP contribution in [0.2, 0.25) is 0 Å². The van der Waals surface area contributed by atoms with Gasteiger partial charge >= 0.3 is 0 Å². The van der Waals surface area contributed by atoms with Gasteiger partial charge in [0.15, 0.2) is 0 Å². The predicted octanol–water partition coefficient (Wildman–Crippen LogP) is 2.35. The number of ether oxygens (including phenoxy) is 1. The third-order valence-electron chi connectivity index (χ3n) is 5.64. The molecule has 0 aromatic heterocycles. The fourth-order valence-corrected chi connectivity index (χ4v) is 5.66. The highest BCUT2D eigenvalue weighted by Gasteiger charge is 2.35. The lowest BCUT2D eigenvalue weighted by Crippen LogP contribution is -2.43. The van der Waals surface area contributed by atoms with Gasteiger partial charge in [-0.2, -0.15) is 0 Å². The first-order valence-corrected chi connectivity index (χ1v) is 13.1. The maximum Gasteiger partial charge on any atom is 0.261 e. The second kappa shape index (κ2) is 8.42. The highest BCUT2D eigenvalue weighted by Crippen LogP contribution is 2.37. The van der Waals surface area contributed by atoms with Gasteiger partial charge in [0.25, 0.3) is 10.0 Å². The van der Waals surface area contributed by atoms with Gasteiger partial charge in [0.05, 0.1) is 33.9 Å². The van der Waals surface area contributed by atoms with Crippen LogP contribution in [-0.4, -0.2) is 61.0 Å². The molecule has 4 rings (SSSR count). The zero-order valence-corrected chi connectivity index (χ0v) is 19.2. The molecule has 2 fully saturated rings. The maximum atomic E-state index is 13.0. The zero-order chi connectivity index (χ0) is 22.2. The SMILES string of the molecule is CN(C)S(=O)(=O)c1ccc(S(=O)(=O)Nc2ccccc2N2CCOC(C3CC3)C2)cc1. The summed E-state index contributed by atoms with van der Waals surface area (Å²) in [4.78, 5) is 2.20. The van der Waals surface area contributed by atoms with Crippen molar-refractivity contribution < 1.29 is 21.6 Å². The van der Waals surface area contributed by atoms with E-state index >= 15 is 0 Å². The molecule has 1 unspecified atom stereocenters. The lowest BCUT2D eigenvalue weighted by atomic mass is 10.1. The van der Waals surface area contributed by atoms with Crippen LogP contribution >= 0.6 is 0 Å². The van der Waals surface area contributed by atoms with Crippen LogP contribution in [0.25, 0.3) is 0 Å². The molecule has 1 N–H and O–H groups in total. The van der Waals surface area contributed by atoms with E-state index in [0.717, 1.165) is 16.5 Å². The van der Waals surface area contributed by atoms with E-state index in [2.05, 4.69) is 9.62 Å². The van der Waals surface area contributed by atoms with Crippen molar-refractivity contribution >= 4 is 31.4 Å². The smallest absolute Gasteiger partial charge is 0.261 e. The lowest BCUT2D eigenvalue weighted by Gasteiger charge is -2.35. The van der Waals surface area contributed by atoms with Gasteiger partial charge in [-0.25, -0.2) is 21.1 Å². The molecule has 1 saturated heterocycles. The topological polar surface area (TPSA) is 96.0 Å². The van der Waals surface area contributed by atoms with E-state index in [9.17, 15) is 16.8 Å². The lowest BCUT2D eigenvalue weighted by molar-refractivity contribution is 0.0264. The number of hydrogen-bond donors (Lipinski definition) is 1. The molecule has 0 radical (unpaired) electrons. The quantitative estimate of drug-likeness (QED) is 0.674. The van der Waals surface area contributed by atoms with Crippen molar-refractivity contribution in [1.82, 2.24) is 4.31 Å². The average molecular weight is 466 g/mol. The molecule has 31 heavy (non-hydrogen) atoms. The molecule has 1 aliphatic heterocycles. The van der Waals surface area contributed by atoms with Crippen molar-refractivity contribution in [2.45, 2.75) is 28.7 Å². The molecular formula is C21H27N3O5S2. The Hall–Kier alpha value is -2.14.